The summed E-state index contributed by atoms with van der Waals surface area (Å²) in [5, 5.41) is 0. The second-order valence-electron chi connectivity index (χ2n) is 3.66. The van der Waals surface area contributed by atoms with Gasteiger partial charge in [0.05, 0.1) is 5.75 Å². The van der Waals surface area contributed by atoms with Crippen molar-refractivity contribution in [2.24, 2.45) is 5.92 Å². The van der Waals surface area contributed by atoms with Crippen molar-refractivity contribution >= 4 is 10.0 Å². The summed E-state index contributed by atoms with van der Waals surface area (Å²) in [6.45, 7) is 9.06. The van der Waals surface area contributed by atoms with Crippen molar-refractivity contribution in [2.45, 2.75) is 34.1 Å². The Hall–Kier alpha value is -0.0900. The first-order valence-electron chi connectivity index (χ1n) is 4.91. The Kier molecular flexibility index (Phi) is 5.56. The molecular formula is C9H21NO2S. The summed E-state index contributed by atoms with van der Waals surface area (Å²) in [6, 6.07) is 0. The van der Waals surface area contributed by atoms with E-state index in [4.69, 9.17) is 0 Å². The molecule has 0 spiro atoms. The van der Waals surface area contributed by atoms with E-state index < -0.39 is 10.0 Å². The summed E-state index contributed by atoms with van der Waals surface area (Å²) < 4.78 is 24.8. The third-order valence-corrected chi connectivity index (χ3v) is 3.90. The van der Waals surface area contributed by atoms with Crippen LogP contribution in [0.25, 0.3) is 0 Å². The monoisotopic (exact) mass is 207 g/mol. The highest BCUT2D eigenvalue weighted by atomic mass is 32.2. The van der Waals surface area contributed by atoms with Crippen LogP contribution in [-0.4, -0.2) is 31.6 Å². The lowest BCUT2D eigenvalue weighted by atomic mass is 10.2. The van der Waals surface area contributed by atoms with Gasteiger partial charge >= 0.3 is 0 Å². The van der Waals surface area contributed by atoms with Gasteiger partial charge in [-0.3, -0.25) is 0 Å². The zero-order valence-electron chi connectivity index (χ0n) is 9.08. The van der Waals surface area contributed by atoms with Crippen LogP contribution in [0.3, 0.4) is 0 Å². The zero-order chi connectivity index (χ0) is 10.5. The van der Waals surface area contributed by atoms with E-state index >= 15 is 0 Å². The molecule has 0 amide bonds. The molecule has 0 fully saturated rings. The third kappa shape index (κ3) is 4.62. The lowest BCUT2D eigenvalue weighted by molar-refractivity contribution is 0.380. The summed E-state index contributed by atoms with van der Waals surface area (Å²) in [4.78, 5) is 0. The third-order valence-electron chi connectivity index (χ3n) is 1.78. The Balaban J connectivity index is 4.38. The first kappa shape index (κ1) is 12.9. The number of rotatable bonds is 6. The van der Waals surface area contributed by atoms with E-state index in [1.807, 2.05) is 27.7 Å². The number of hydrogen-bond donors (Lipinski definition) is 0. The van der Waals surface area contributed by atoms with Crippen LogP contribution in [-0.2, 0) is 10.0 Å². The summed E-state index contributed by atoms with van der Waals surface area (Å²) >= 11 is 0. The predicted molar refractivity (Wildman–Crippen MR) is 56.2 cm³/mol. The smallest absolute Gasteiger partial charge is 0.212 e. The molecule has 0 unspecified atom stereocenters. The molecular weight excluding hydrogens is 186 g/mol. The first-order chi connectivity index (χ1) is 5.94. The van der Waals surface area contributed by atoms with Crippen molar-refractivity contribution < 1.29 is 8.42 Å². The van der Waals surface area contributed by atoms with Crippen molar-refractivity contribution in [1.29, 1.82) is 0 Å². The van der Waals surface area contributed by atoms with E-state index in [1.165, 1.54) is 0 Å². The van der Waals surface area contributed by atoms with Crippen LogP contribution in [0.4, 0.5) is 0 Å². The molecule has 80 valence electrons. The standard InChI is InChI=1S/C9H21NO2S/c1-5-7-13(11,12)10(6-2)8-9(3)4/h9H,5-8H2,1-4H3. The highest BCUT2D eigenvalue weighted by Gasteiger charge is 2.19. The first-order valence-corrected chi connectivity index (χ1v) is 6.52. The molecule has 0 aromatic carbocycles. The SMILES string of the molecule is CCCS(=O)(=O)N(CC)CC(C)C. The number of nitrogens with zero attached hydrogens (tertiary/aromatic N) is 1. The topological polar surface area (TPSA) is 37.4 Å². The van der Waals surface area contributed by atoms with Crippen molar-refractivity contribution in [3.8, 4) is 0 Å². The zero-order valence-corrected chi connectivity index (χ0v) is 9.89. The van der Waals surface area contributed by atoms with Gasteiger partial charge in [0.2, 0.25) is 10.0 Å². The molecule has 0 atom stereocenters. The van der Waals surface area contributed by atoms with Crippen molar-refractivity contribution in [2.75, 3.05) is 18.8 Å². The van der Waals surface area contributed by atoms with Crippen LogP contribution < -0.4 is 0 Å². The Labute approximate surface area is 82.2 Å². The van der Waals surface area contributed by atoms with Gasteiger partial charge in [0.1, 0.15) is 0 Å². The molecule has 0 heterocycles. The molecule has 13 heavy (non-hydrogen) atoms. The van der Waals surface area contributed by atoms with E-state index in [0.29, 0.717) is 25.4 Å². The Morgan fingerprint density at radius 1 is 1.23 bits per heavy atom. The number of sulfonamides is 1. The molecule has 0 N–H and O–H groups in total. The van der Waals surface area contributed by atoms with Gasteiger partial charge in [-0.1, -0.05) is 27.7 Å². The molecule has 0 aliphatic heterocycles. The van der Waals surface area contributed by atoms with E-state index in [2.05, 4.69) is 0 Å². The molecule has 0 rings (SSSR count). The van der Waals surface area contributed by atoms with E-state index in [1.54, 1.807) is 4.31 Å². The molecule has 3 nitrogen and oxygen atoms in total. The number of hydrogen-bond acceptors (Lipinski definition) is 2. The minimum Gasteiger partial charge on any atom is -0.212 e. The second-order valence-corrected chi connectivity index (χ2v) is 5.75. The van der Waals surface area contributed by atoms with Gasteiger partial charge in [-0.2, -0.15) is 0 Å². The maximum Gasteiger partial charge on any atom is 0.214 e. The summed E-state index contributed by atoms with van der Waals surface area (Å²) in [6.07, 6.45) is 0.691. The quantitative estimate of drug-likeness (QED) is 0.665. The van der Waals surface area contributed by atoms with Gasteiger partial charge in [0.15, 0.2) is 0 Å². The summed E-state index contributed by atoms with van der Waals surface area (Å²) in [5.41, 5.74) is 0. The summed E-state index contributed by atoms with van der Waals surface area (Å²) in [7, 11) is -2.98. The van der Waals surface area contributed by atoms with Gasteiger partial charge in [-0.15, -0.1) is 0 Å². The summed E-state index contributed by atoms with van der Waals surface area (Å²) in [5.74, 6) is 0.666. The molecule has 0 saturated heterocycles. The van der Waals surface area contributed by atoms with E-state index in [0.717, 1.165) is 0 Å². The fourth-order valence-corrected chi connectivity index (χ4v) is 2.93. The minimum atomic E-state index is -2.98. The van der Waals surface area contributed by atoms with Crippen LogP contribution in [0.5, 0.6) is 0 Å². The lowest BCUT2D eigenvalue weighted by Gasteiger charge is -2.21. The highest BCUT2D eigenvalue weighted by Crippen LogP contribution is 2.06. The molecule has 0 bridgehead atoms. The largest absolute Gasteiger partial charge is 0.214 e. The van der Waals surface area contributed by atoms with Gasteiger partial charge in [-0.25, -0.2) is 12.7 Å². The van der Waals surface area contributed by atoms with Crippen LogP contribution in [0, 0.1) is 5.92 Å². The maximum absolute atomic E-state index is 11.6. The van der Waals surface area contributed by atoms with Crippen molar-refractivity contribution in [1.82, 2.24) is 4.31 Å². The minimum absolute atomic E-state index is 0.271. The molecule has 0 aromatic heterocycles. The molecule has 0 aliphatic rings. The van der Waals surface area contributed by atoms with E-state index in [9.17, 15) is 8.42 Å². The van der Waals surface area contributed by atoms with Crippen molar-refractivity contribution in [3.63, 3.8) is 0 Å². The van der Waals surface area contributed by atoms with Crippen LogP contribution in [0.2, 0.25) is 0 Å². The second kappa shape index (κ2) is 5.60. The van der Waals surface area contributed by atoms with Gasteiger partial charge < -0.3 is 0 Å². The molecule has 4 heteroatoms. The molecule has 0 aliphatic carbocycles. The average Bonchev–Trinajstić information content (AvgIpc) is 1.99. The van der Waals surface area contributed by atoms with Gasteiger partial charge in [0.25, 0.3) is 0 Å². The van der Waals surface area contributed by atoms with Gasteiger partial charge in [0, 0.05) is 13.1 Å². The van der Waals surface area contributed by atoms with Crippen LogP contribution in [0.15, 0.2) is 0 Å². The van der Waals surface area contributed by atoms with E-state index in [-0.39, 0.29) is 5.75 Å². The van der Waals surface area contributed by atoms with Gasteiger partial charge in [-0.05, 0) is 12.3 Å². The molecule has 0 saturated carbocycles. The fraction of sp³-hybridized carbons (Fsp3) is 1.00. The van der Waals surface area contributed by atoms with Crippen LogP contribution in [0.1, 0.15) is 34.1 Å². The Morgan fingerprint density at radius 3 is 2.08 bits per heavy atom. The predicted octanol–water partition coefficient (Wildman–Crippen LogP) is 1.70. The Bertz CT molecular complexity index is 222. The normalized spacial score (nSPS) is 12.8. The Morgan fingerprint density at radius 2 is 1.77 bits per heavy atom. The maximum atomic E-state index is 11.6. The lowest BCUT2D eigenvalue weighted by Crippen LogP contribution is -2.35. The molecule has 0 radical (unpaired) electrons. The average molecular weight is 207 g/mol. The molecule has 0 aromatic rings. The van der Waals surface area contributed by atoms with Crippen LogP contribution >= 0.6 is 0 Å². The van der Waals surface area contributed by atoms with Crippen molar-refractivity contribution in [3.05, 3.63) is 0 Å². The highest BCUT2D eigenvalue weighted by molar-refractivity contribution is 7.89. The fourth-order valence-electron chi connectivity index (χ4n) is 1.23.